The van der Waals surface area contributed by atoms with E-state index in [9.17, 15) is 45.6 Å². The number of benzene rings is 2. The lowest BCUT2D eigenvalue weighted by molar-refractivity contribution is -0.323. The number of phenols is 1. The van der Waals surface area contributed by atoms with Crippen molar-refractivity contribution < 1.29 is 73.7 Å². The van der Waals surface area contributed by atoms with Gasteiger partial charge in [-0.05, 0) is 19.1 Å². The van der Waals surface area contributed by atoms with Crippen LogP contribution in [-0.2, 0) is 14.2 Å². The van der Waals surface area contributed by atoms with Crippen molar-refractivity contribution in [3.63, 3.8) is 0 Å². The number of aliphatic hydroxyl groups excluding tert-OH is 7. The minimum atomic E-state index is -1.84. The van der Waals surface area contributed by atoms with Gasteiger partial charge in [-0.3, -0.25) is 0 Å². The Kier molecular flexibility index (Phi) is 9.20. The van der Waals surface area contributed by atoms with Crippen molar-refractivity contribution in [2.45, 2.75) is 68.3 Å². The fraction of sp³-hybridized carbons (Fsp3) is 0.536. The Morgan fingerprint density at radius 2 is 1.39 bits per heavy atom. The van der Waals surface area contributed by atoms with E-state index in [0.717, 1.165) is 0 Å². The number of rotatable bonds is 8. The molecule has 8 N–H and O–H groups in total. The van der Waals surface area contributed by atoms with Crippen LogP contribution >= 0.6 is 0 Å². The first-order valence-electron chi connectivity index (χ1n) is 13.5. The van der Waals surface area contributed by atoms with Crippen LogP contribution in [0.25, 0.3) is 21.5 Å². The van der Waals surface area contributed by atoms with Crippen LogP contribution in [0.3, 0.4) is 0 Å². The van der Waals surface area contributed by atoms with Crippen molar-refractivity contribution in [1.29, 1.82) is 0 Å². The van der Waals surface area contributed by atoms with Gasteiger partial charge >= 0.3 is 5.63 Å². The molecule has 0 saturated carbocycles. The van der Waals surface area contributed by atoms with Crippen molar-refractivity contribution in [1.82, 2.24) is 0 Å². The summed E-state index contributed by atoms with van der Waals surface area (Å²) < 4.78 is 38.5. The van der Waals surface area contributed by atoms with E-state index in [2.05, 4.69) is 0 Å². The van der Waals surface area contributed by atoms with Crippen LogP contribution in [0.15, 0.2) is 27.4 Å². The molecule has 0 amide bonds. The van der Waals surface area contributed by atoms with Crippen molar-refractivity contribution in [3.8, 4) is 23.0 Å². The summed E-state index contributed by atoms with van der Waals surface area (Å²) in [4.78, 5) is 12.8. The number of hydrogen-bond donors (Lipinski definition) is 8. The number of hydrogen-bond acceptors (Lipinski definition) is 16. The number of aliphatic hydroxyl groups is 7. The van der Waals surface area contributed by atoms with E-state index in [1.165, 1.54) is 32.4 Å². The molecule has 2 saturated heterocycles. The lowest BCUT2D eigenvalue weighted by Crippen LogP contribution is -2.62. The summed E-state index contributed by atoms with van der Waals surface area (Å²) >= 11 is 0. The third kappa shape index (κ3) is 5.54. The highest BCUT2D eigenvalue weighted by atomic mass is 16.7. The largest absolute Gasteiger partial charge is 0.506 e. The third-order valence-electron chi connectivity index (χ3n) is 7.74. The lowest BCUT2D eigenvalue weighted by atomic mass is 9.98. The van der Waals surface area contributed by atoms with Crippen LogP contribution in [-0.4, -0.2) is 130 Å². The molecule has 3 aromatic rings. The number of aromatic hydroxyl groups is 1. The van der Waals surface area contributed by atoms with Gasteiger partial charge in [-0.2, -0.15) is 0 Å². The minimum Gasteiger partial charge on any atom is -0.506 e. The van der Waals surface area contributed by atoms with E-state index < -0.39 is 86.0 Å². The van der Waals surface area contributed by atoms with Crippen LogP contribution in [0, 0.1) is 6.92 Å². The van der Waals surface area contributed by atoms with E-state index in [0.29, 0.717) is 0 Å². The molecule has 10 atom stereocenters. The highest BCUT2D eigenvalue weighted by molar-refractivity contribution is 6.13. The van der Waals surface area contributed by atoms with E-state index in [-0.39, 0.29) is 44.6 Å². The second-order valence-corrected chi connectivity index (χ2v) is 10.5. The van der Waals surface area contributed by atoms with Gasteiger partial charge in [-0.1, -0.05) is 0 Å². The molecule has 16 nitrogen and oxygen atoms in total. The zero-order valence-corrected chi connectivity index (χ0v) is 23.8. The maximum atomic E-state index is 12.8. The van der Waals surface area contributed by atoms with E-state index in [4.69, 9.17) is 32.8 Å². The molecule has 3 heterocycles. The average molecular weight is 627 g/mol. The summed E-state index contributed by atoms with van der Waals surface area (Å²) in [6.07, 6.45) is -16.5. The molecule has 2 aliphatic rings. The molecule has 44 heavy (non-hydrogen) atoms. The SMILES string of the molecule is COc1cc(O[C@H]2O[C@H](CO[C@@H]3O[C@H](CO)[C@@H](O)[C@@H](O)[C@H]3O)[C@@H](O)[C@H](O)[C@H]2O)c2c(O)c3c(=O)oc(C)cc3c(OC)c2c1. The predicted molar refractivity (Wildman–Crippen MR) is 147 cm³/mol. The molecule has 0 unspecified atom stereocenters. The van der Waals surface area contributed by atoms with Crippen LogP contribution < -0.4 is 19.8 Å². The molecule has 0 radical (unpaired) electrons. The molecule has 5 rings (SSSR count). The Bertz CT molecular complexity index is 1550. The molecular weight excluding hydrogens is 592 g/mol. The van der Waals surface area contributed by atoms with Crippen molar-refractivity contribution >= 4 is 21.5 Å². The third-order valence-corrected chi connectivity index (χ3v) is 7.74. The van der Waals surface area contributed by atoms with E-state index in [1.54, 1.807) is 6.92 Å². The molecule has 1 aromatic heterocycles. The predicted octanol–water partition coefficient (Wildman–Crippen LogP) is -2.02. The highest BCUT2D eigenvalue weighted by Gasteiger charge is 2.48. The topological polar surface area (TPSA) is 247 Å². The number of fused-ring (bicyclic) bond motifs is 2. The molecule has 0 spiro atoms. The second kappa shape index (κ2) is 12.6. The summed E-state index contributed by atoms with van der Waals surface area (Å²) in [6.45, 7) is 0.272. The van der Waals surface area contributed by atoms with Crippen molar-refractivity contribution in [3.05, 3.63) is 34.4 Å². The normalized spacial score (nSPS) is 32.6. The minimum absolute atomic E-state index is 0.0446. The highest BCUT2D eigenvalue weighted by Crippen LogP contribution is 2.47. The van der Waals surface area contributed by atoms with Crippen molar-refractivity contribution in [2.75, 3.05) is 27.4 Å². The lowest BCUT2D eigenvalue weighted by Gasteiger charge is -2.42. The van der Waals surface area contributed by atoms with Gasteiger partial charge in [0.05, 0.1) is 32.8 Å². The van der Waals surface area contributed by atoms with Gasteiger partial charge in [0.2, 0.25) is 6.29 Å². The average Bonchev–Trinajstić information content (AvgIpc) is 2.99. The molecule has 2 fully saturated rings. The summed E-state index contributed by atoms with van der Waals surface area (Å²) in [5.74, 6) is -0.0347. The smallest absolute Gasteiger partial charge is 0.347 e. The number of phenolic OH excluding ortho intramolecular Hbond substituents is 1. The van der Waals surface area contributed by atoms with Crippen LogP contribution in [0.2, 0.25) is 0 Å². The molecule has 16 heteroatoms. The zero-order valence-electron chi connectivity index (χ0n) is 23.8. The number of aryl methyl sites for hydroxylation is 1. The summed E-state index contributed by atoms with van der Waals surface area (Å²) in [5, 5.41) is 83.1. The maximum absolute atomic E-state index is 12.8. The summed E-state index contributed by atoms with van der Waals surface area (Å²) in [6, 6.07) is 4.37. The van der Waals surface area contributed by atoms with Crippen molar-refractivity contribution in [2.24, 2.45) is 0 Å². The van der Waals surface area contributed by atoms with Crippen LogP contribution in [0.4, 0.5) is 0 Å². The van der Waals surface area contributed by atoms with Gasteiger partial charge in [-0.15, -0.1) is 0 Å². The first-order chi connectivity index (χ1) is 20.9. The van der Waals surface area contributed by atoms with Gasteiger partial charge in [0.1, 0.15) is 83.0 Å². The fourth-order valence-corrected chi connectivity index (χ4v) is 5.40. The maximum Gasteiger partial charge on any atom is 0.347 e. The molecule has 2 aliphatic heterocycles. The number of methoxy groups -OCH3 is 2. The molecule has 242 valence electrons. The first-order valence-corrected chi connectivity index (χ1v) is 13.5. The molecule has 0 aliphatic carbocycles. The Balaban J connectivity index is 1.48. The van der Waals surface area contributed by atoms with Gasteiger partial charge in [-0.25, -0.2) is 4.79 Å². The van der Waals surface area contributed by atoms with E-state index in [1.807, 2.05) is 0 Å². The van der Waals surface area contributed by atoms with Gasteiger partial charge in [0.25, 0.3) is 0 Å². The number of ether oxygens (including phenoxy) is 6. The quantitative estimate of drug-likeness (QED) is 0.126. The molecule has 2 aromatic carbocycles. The van der Waals surface area contributed by atoms with Gasteiger partial charge in [0.15, 0.2) is 6.29 Å². The Morgan fingerprint density at radius 3 is 2.02 bits per heavy atom. The second-order valence-electron chi connectivity index (χ2n) is 10.5. The molecular formula is C28H34O16. The monoisotopic (exact) mass is 626 g/mol. The Morgan fingerprint density at radius 1 is 0.773 bits per heavy atom. The summed E-state index contributed by atoms with van der Waals surface area (Å²) in [7, 11) is 2.73. The van der Waals surface area contributed by atoms with Crippen LogP contribution in [0.1, 0.15) is 5.76 Å². The summed E-state index contributed by atoms with van der Waals surface area (Å²) in [5.41, 5.74) is -0.850. The molecule has 0 bridgehead atoms. The Hall–Kier alpha value is -3.29. The van der Waals surface area contributed by atoms with E-state index >= 15 is 0 Å². The zero-order chi connectivity index (χ0) is 32.0. The van der Waals surface area contributed by atoms with Gasteiger partial charge in [0, 0.05) is 16.8 Å². The fourth-order valence-electron chi connectivity index (χ4n) is 5.40. The standard InChI is InChI=1S/C28H34O16/c1-9-4-11-17(26(37)41-9)20(32)16-12(25(11)39-3)5-10(38-2)6-13(16)42-28-24(36)22(34)19(31)15(44-28)8-40-27-23(35)21(33)18(30)14(7-29)43-27/h4-6,14-15,18-19,21-24,27-36H,7-8H2,1-3H3/t14-,15-,18-,19-,21-,22+,23-,24-,27-,28+/m1/s1. The van der Waals surface area contributed by atoms with Crippen LogP contribution in [0.5, 0.6) is 23.0 Å². The van der Waals surface area contributed by atoms with Gasteiger partial charge < -0.3 is 73.7 Å². The Labute approximate surface area is 248 Å². The first kappa shape index (κ1) is 32.1.